The Morgan fingerprint density at radius 3 is 2.40 bits per heavy atom. The zero-order chi connectivity index (χ0) is 22.3. The Morgan fingerprint density at radius 1 is 1.07 bits per heavy atom. The van der Waals surface area contributed by atoms with Crippen LogP contribution >= 0.6 is 15.9 Å². The monoisotopic (exact) mass is 475 g/mol. The van der Waals surface area contributed by atoms with Crippen molar-refractivity contribution in [2.75, 3.05) is 23.3 Å². The molecule has 0 spiro atoms. The minimum Gasteiger partial charge on any atom is -0.459 e. The van der Waals surface area contributed by atoms with Crippen LogP contribution < -0.4 is 15.5 Å². The van der Waals surface area contributed by atoms with Gasteiger partial charge in [0, 0.05) is 10.2 Å². The van der Waals surface area contributed by atoms with Gasteiger partial charge in [-0.2, -0.15) is 0 Å². The highest BCUT2D eigenvalue weighted by atomic mass is 79.9. The molecule has 8 heteroatoms. The number of esters is 1. The van der Waals surface area contributed by atoms with Crippen molar-refractivity contribution in [3.8, 4) is 0 Å². The summed E-state index contributed by atoms with van der Waals surface area (Å²) < 4.78 is 5.99. The second-order valence-corrected chi connectivity index (χ2v) is 8.55. The molecular formula is C22H26BrN3O4. The van der Waals surface area contributed by atoms with E-state index < -0.39 is 23.5 Å². The summed E-state index contributed by atoms with van der Waals surface area (Å²) in [6.07, 6.45) is 0. The van der Waals surface area contributed by atoms with Crippen molar-refractivity contribution in [1.82, 2.24) is 5.32 Å². The van der Waals surface area contributed by atoms with Gasteiger partial charge in [0.25, 0.3) is 0 Å². The van der Waals surface area contributed by atoms with Crippen LogP contribution in [0.25, 0.3) is 0 Å². The molecule has 2 rings (SSSR count). The maximum Gasteiger partial charge on any atom is 0.326 e. The Bertz CT molecular complexity index is 925. The number of carbonyl (C=O) groups is 3. The zero-order valence-electron chi connectivity index (χ0n) is 17.5. The number of aryl methyl sites for hydroxylation is 1. The average molecular weight is 476 g/mol. The van der Waals surface area contributed by atoms with E-state index in [9.17, 15) is 14.4 Å². The van der Waals surface area contributed by atoms with Crippen molar-refractivity contribution in [3.05, 3.63) is 58.6 Å². The molecule has 0 aliphatic rings. The third kappa shape index (κ3) is 7.51. The first-order valence-electron chi connectivity index (χ1n) is 9.43. The third-order valence-corrected chi connectivity index (χ3v) is 4.50. The summed E-state index contributed by atoms with van der Waals surface area (Å²) in [5, 5.41) is 5.21. The van der Waals surface area contributed by atoms with Crippen molar-refractivity contribution in [1.29, 1.82) is 0 Å². The first-order valence-corrected chi connectivity index (χ1v) is 10.2. The Morgan fingerprint density at radius 2 is 1.77 bits per heavy atom. The summed E-state index contributed by atoms with van der Waals surface area (Å²) in [7, 11) is 0. The van der Waals surface area contributed by atoms with E-state index in [4.69, 9.17) is 4.74 Å². The molecule has 7 nitrogen and oxygen atoms in total. The van der Waals surface area contributed by atoms with E-state index in [1.54, 1.807) is 51.1 Å². The van der Waals surface area contributed by atoms with E-state index in [1.807, 2.05) is 25.1 Å². The highest BCUT2D eigenvalue weighted by Gasteiger charge is 2.25. The summed E-state index contributed by atoms with van der Waals surface area (Å²) in [5.74, 6) is -0.997. The van der Waals surface area contributed by atoms with E-state index in [0.717, 1.165) is 5.56 Å². The molecule has 0 aromatic heterocycles. The van der Waals surface area contributed by atoms with Gasteiger partial charge in [-0.1, -0.05) is 24.3 Å². The summed E-state index contributed by atoms with van der Waals surface area (Å²) >= 11 is 3.40. The van der Waals surface area contributed by atoms with E-state index in [0.29, 0.717) is 15.8 Å². The Kier molecular flexibility index (Phi) is 8.00. The lowest BCUT2D eigenvalue weighted by Gasteiger charge is -2.26. The van der Waals surface area contributed by atoms with E-state index in [2.05, 4.69) is 26.6 Å². The standard InChI is InChI=1S/C22H26BrN3O4/c1-15-8-7-9-16(12-15)25-21(29)24-13-19(27)26(14-20(28)30-22(2,3)4)18-11-6-5-10-17(18)23/h5-12H,13-14H2,1-4H3,(H2,24,25,29). The van der Waals surface area contributed by atoms with Gasteiger partial charge in [-0.05, 0) is 73.5 Å². The first-order chi connectivity index (χ1) is 14.0. The van der Waals surface area contributed by atoms with Crippen LogP contribution in [0, 0.1) is 6.92 Å². The number of anilines is 2. The highest BCUT2D eigenvalue weighted by molar-refractivity contribution is 9.10. The quantitative estimate of drug-likeness (QED) is 0.611. The van der Waals surface area contributed by atoms with Crippen molar-refractivity contribution in [2.24, 2.45) is 0 Å². The molecule has 2 aromatic carbocycles. The highest BCUT2D eigenvalue weighted by Crippen LogP contribution is 2.26. The van der Waals surface area contributed by atoms with E-state index >= 15 is 0 Å². The smallest absolute Gasteiger partial charge is 0.326 e. The molecule has 0 bridgehead atoms. The number of hydrogen-bond donors (Lipinski definition) is 2. The zero-order valence-corrected chi connectivity index (χ0v) is 19.1. The summed E-state index contributed by atoms with van der Waals surface area (Å²) in [6, 6.07) is 13.8. The number of ether oxygens (including phenoxy) is 1. The predicted molar refractivity (Wildman–Crippen MR) is 121 cm³/mol. The number of rotatable bonds is 6. The molecule has 160 valence electrons. The van der Waals surface area contributed by atoms with Crippen LogP contribution in [-0.4, -0.2) is 36.6 Å². The van der Waals surface area contributed by atoms with Crippen LogP contribution in [0.1, 0.15) is 26.3 Å². The number of urea groups is 1. The number of carbonyl (C=O) groups excluding carboxylic acids is 3. The van der Waals surface area contributed by atoms with Crippen molar-refractivity contribution in [2.45, 2.75) is 33.3 Å². The lowest BCUT2D eigenvalue weighted by Crippen LogP contribution is -2.45. The molecule has 2 N–H and O–H groups in total. The number of hydrogen-bond acceptors (Lipinski definition) is 4. The van der Waals surface area contributed by atoms with E-state index in [1.165, 1.54) is 4.90 Å². The number of nitrogens with one attached hydrogen (secondary N) is 2. The molecule has 0 unspecified atom stereocenters. The molecule has 2 aromatic rings. The van der Waals surface area contributed by atoms with Gasteiger partial charge in [-0.25, -0.2) is 4.79 Å². The number of amides is 3. The fourth-order valence-corrected chi connectivity index (χ4v) is 3.13. The molecule has 30 heavy (non-hydrogen) atoms. The second-order valence-electron chi connectivity index (χ2n) is 7.69. The predicted octanol–water partition coefficient (Wildman–Crippen LogP) is 4.25. The number of para-hydroxylation sites is 1. The lowest BCUT2D eigenvalue weighted by atomic mass is 10.2. The maximum atomic E-state index is 12.9. The largest absolute Gasteiger partial charge is 0.459 e. The molecule has 0 heterocycles. The molecule has 0 fully saturated rings. The fourth-order valence-electron chi connectivity index (χ4n) is 2.63. The fraction of sp³-hybridized carbons (Fsp3) is 0.318. The molecule has 3 amide bonds. The minimum absolute atomic E-state index is 0.278. The van der Waals surface area contributed by atoms with Gasteiger partial charge < -0.3 is 15.4 Å². The lowest BCUT2D eigenvalue weighted by molar-refractivity contribution is -0.153. The normalized spacial score (nSPS) is 10.8. The Balaban J connectivity index is 2.07. The van der Waals surface area contributed by atoms with Gasteiger partial charge in [0.2, 0.25) is 5.91 Å². The van der Waals surface area contributed by atoms with Crippen LogP contribution in [0.2, 0.25) is 0 Å². The Labute approximate surface area is 184 Å². The van der Waals surface area contributed by atoms with Gasteiger partial charge in [-0.15, -0.1) is 0 Å². The molecule has 0 saturated carbocycles. The average Bonchev–Trinajstić information content (AvgIpc) is 2.63. The van der Waals surface area contributed by atoms with Crippen LogP contribution in [0.3, 0.4) is 0 Å². The van der Waals surface area contributed by atoms with Gasteiger partial charge in [0.15, 0.2) is 0 Å². The van der Waals surface area contributed by atoms with Crippen LogP contribution in [0.5, 0.6) is 0 Å². The Hall–Kier alpha value is -2.87. The maximum absolute atomic E-state index is 12.9. The first kappa shape index (κ1) is 23.4. The molecule has 0 saturated heterocycles. The molecule has 0 aliphatic carbocycles. The summed E-state index contributed by atoms with van der Waals surface area (Å²) in [5.41, 5.74) is 1.46. The summed E-state index contributed by atoms with van der Waals surface area (Å²) in [4.78, 5) is 38.7. The van der Waals surface area contributed by atoms with Gasteiger partial charge in [0.05, 0.1) is 12.2 Å². The van der Waals surface area contributed by atoms with Crippen LogP contribution in [0.15, 0.2) is 53.0 Å². The molecular weight excluding hydrogens is 450 g/mol. The van der Waals surface area contributed by atoms with Gasteiger partial charge >= 0.3 is 12.0 Å². The molecule has 0 aliphatic heterocycles. The third-order valence-electron chi connectivity index (χ3n) is 3.83. The topological polar surface area (TPSA) is 87.7 Å². The van der Waals surface area contributed by atoms with Gasteiger partial charge in [0.1, 0.15) is 12.1 Å². The van der Waals surface area contributed by atoms with Gasteiger partial charge in [-0.3, -0.25) is 14.5 Å². The van der Waals surface area contributed by atoms with Crippen molar-refractivity contribution >= 4 is 45.2 Å². The number of halogens is 1. The molecule has 0 radical (unpaired) electrons. The summed E-state index contributed by atoms with van der Waals surface area (Å²) in [6.45, 7) is 6.62. The van der Waals surface area contributed by atoms with Crippen molar-refractivity contribution in [3.63, 3.8) is 0 Å². The SMILES string of the molecule is Cc1cccc(NC(=O)NCC(=O)N(CC(=O)OC(C)(C)C)c2ccccc2Br)c1. The van der Waals surface area contributed by atoms with Crippen LogP contribution in [0.4, 0.5) is 16.2 Å². The number of benzene rings is 2. The van der Waals surface area contributed by atoms with Crippen LogP contribution in [-0.2, 0) is 14.3 Å². The second kappa shape index (κ2) is 10.2. The number of nitrogens with zero attached hydrogens (tertiary/aromatic N) is 1. The van der Waals surface area contributed by atoms with Crippen molar-refractivity contribution < 1.29 is 19.1 Å². The minimum atomic E-state index is -0.675. The van der Waals surface area contributed by atoms with E-state index in [-0.39, 0.29) is 13.1 Å². The molecule has 0 atom stereocenters.